The average molecular weight is 1150 g/mol. The van der Waals surface area contributed by atoms with Crippen LogP contribution in [0.4, 0.5) is 34.1 Å². The first kappa shape index (κ1) is 54.9. The lowest BCUT2D eigenvalue weighted by Gasteiger charge is -2.46. The maximum absolute atomic E-state index is 2.71. The molecule has 13 aromatic rings. The van der Waals surface area contributed by atoms with E-state index in [1.54, 1.807) is 0 Å². The van der Waals surface area contributed by atoms with Crippen LogP contribution < -0.4 is 26.2 Å². The summed E-state index contributed by atoms with van der Waals surface area (Å²) < 4.78 is 0. The summed E-state index contributed by atoms with van der Waals surface area (Å²) in [6.07, 6.45) is 0. The van der Waals surface area contributed by atoms with Gasteiger partial charge >= 0.3 is 0 Å². The van der Waals surface area contributed by atoms with E-state index in [9.17, 15) is 0 Å². The zero-order chi connectivity index (χ0) is 60.9. The molecule has 0 bridgehead atoms. The zero-order valence-electron chi connectivity index (χ0n) is 51.9. The van der Waals surface area contributed by atoms with E-state index in [0.717, 1.165) is 72.8 Å². The van der Waals surface area contributed by atoms with Crippen LogP contribution in [0.3, 0.4) is 0 Å². The van der Waals surface area contributed by atoms with Crippen LogP contribution in [0.1, 0.15) is 74.9 Å². The van der Waals surface area contributed by atoms with Crippen molar-refractivity contribution in [1.82, 2.24) is 0 Å². The van der Waals surface area contributed by atoms with Gasteiger partial charge in [-0.15, -0.1) is 0 Å². The van der Waals surface area contributed by atoms with E-state index in [4.69, 9.17) is 0 Å². The summed E-state index contributed by atoms with van der Waals surface area (Å²) in [5, 5.41) is 0. The lowest BCUT2D eigenvalue weighted by molar-refractivity contribution is 0.590. The summed E-state index contributed by atoms with van der Waals surface area (Å²) in [4.78, 5) is 5.41. The Morgan fingerprint density at radius 1 is 0.278 bits per heavy atom. The van der Waals surface area contributed by atoms with Gasteiger partial charge in [0.15, 0.2) is 0 Å². The molecule has 3 heteroatoms. The quantitative estimate of drug-likeness (QED) is 0.133. The van der Waals surface area contributed by atoms with Crippen molar-refractivity contribution in [3.05, 3.63) is 343 Å². The van der Waals surface area contributed by atoms with E-state index in [1.807, 2.05) is 0 Å². The molecule has 2 nitrogen and oxygen atoms in total. The fraction of sp³-hybridized carbons (Fsp3) is 0.103. The maximum atomic E-state index is 2.71. The molecule has 0 aromatic heterocycles. The van der Waals surface area contributed by atoms with Crippen molar-refractivity contribution in [1.29, 1.82) is 0 Å². The van der Waals surface area contributed by atoms with Crippen LogP contribution in [0.2, 0.25) is 0 Å². The molecule has 90 heavy (non-hydrogen) atoms. The highest BCUT2D eigenvalue weighted by atomic mass is 15.2. The second kappa shape index (κ2) is 21.4. The van der Waals surface area contributed by atoms with Crippen LogP contribution in [0.15, 0.2) is 309 Å². The molecule has 13 aromatic carbocycles. The Hall–Kier alpha value is -10.5. The van der Waals surface area contributed by atoms with Crippen molar-refractivity contribution in [2.75, 3.05) is 9.80 Å². The number of nitrogens with zero attached hydrogens (tertiary/aromatic N) is 2. The second-order valence-electron chi connectivity index (χ2n) is 26.7. The van der Waals surface area contributed by atoms with Crippen molar-refractivity contribution in [2.45, 2.75) is 57.8 Å². The highest BCUT2D eigenvalue weighted by Crippen LogP contribution is 2.60. The number of hydrogen-bond donors (Lipinski definition) is 0. The Morgan fingerprint density at radius 3 is 1.12 bits per heavy atom. The molecule has 0 radical (unpaired) electrons. The first-order chi connectivity index (χ1) is 44.0. The third-order valence-corrected chi connectivity index (χ3v) is 19.4. The molecule has 0 fully saturated rings. The van der Waals surface area contributed by atoms with Crippen LogP contribution in [-0.4, -0.2) is 6.71 Å². The lowest BCUT2D eigenvalue weighted by atomic mass is 9.33. The van der Waals surface area contributed by atoms with Crippen LogP contribution in [0.5, 0.6) is 0 Å². The monoisotopic (exact) mass is 1150 g/mol. The summed E-state index contributed by atoms with van der Waals surface area (Å²) in [7, 11) is 0. The molecule has 0 atom stereocenters. The number of rotatable bonds is 9. The van der Waals surface area contributed by atoms with Gasteiger partial charge in [-0.05, 0) is 129 Å². The Bertz CT molecular complexity index is 4730. The van der Waals surface area contributed by atoms with Crippen molar-refractivity contribution in [2.24, 2.45) is 0 Å². The number of para-hydroxylation sites is 2. The van der Waals surface area contributed by atoms with Gasteiger partial charge in [-0.2, -0.15) is 0 Å². The molecule has 1 aliphatic carbocycles. The molecule has 2 aliphatic heterocycles. The average Bonchev–Trinajstić information content (AvgIpc) is 1.51. The van der Waals surface area contributed by atoms with E-state index in [1.165, 1.54) is 77.8 Å². The maximum Gasteiger partial charge on any atom is 0.252 e. The number of hydrogen-bond acceptors (Lipinski definition) is 2. The lowest BCUT2D eigenvalue weighted by Crippen LogP contribution is -2.61. The third kappa shape index (κ3) is 8.69. The topological polar surface area (TPSA) is 6.48 Å². The normalized spacial score (nSPS) is 13.5. The Balaban J connectivity index is 1.12. The van der Waals surface area contributed by atoms with Gasteiger partial charge in [0.25, 0.3) is 6.71 Å². The first-order valence-electron chi connectivity index (χ1n) is 31.9. The summed E-state index contributed by atoms with van der Waals surface area (Å²) in [6, 6.07) is 117. The molecule has 0 saturated heterocycles. The standard InChI is InChI=1S/C87H69BN2/c1-85(2,3)65-51-53-77-76(56-65)88-75-52-50-66(86(4,5)6)57-78(75)90(84-70(60-34-17-9-18-35-60)46-29-47-71(84)61-36-19-10-20-37-61)80-55-62(54-79(82(80)88)89(77)83-68(58-30-13-7-14-31-58)44-28-45-69(83)59-32-15-8-16-33-59)67-43-27-48-73-72-42-25-26-49-74(72)87(81(67)73,63-38-21-11-22-39-63)64-40-23-12-24-41-64/h7-57H,1-6H3. The Morgan fingerprint density at radius 2 is 0.656 bits per heavy atom. The predicted octanol–water partition coefficient (Wildman–Crippen LogP) is 21.1. The third-order valence-electron chi connectivity index (χ3n) is 19.4. The van der Waals surface area contributed by atoms with Crippen molar-refractivity contribution < 1.29 is 0 Å². The van der Waals surface area contributed by atoms with Crippen LogP contribution in [-0.2, 0) is 16.2 Å². The van der Waals surface area contributed by atoms with Gasteiger partial charge in [0, 0.05) is 45.0 Å². The predicted molar refractivity (Wildman–Crippen MR) is 382 cm³/mol. The van der Waals surface area contributed by atoms with Gasteiger partial charge in [0.05, 0.1) is 16.8 Å². The fourth-order valence-electron chi connectivity index (χ4n) is 15.3. The molecule has 430 valence electrons. The Kier molecular flexibility index (Phi) is 13.0. The summed E-state index contributed by atoms with van der Waals surface area (Å²) in [5.41, 5.74) is 31.5. The fourth-order valence-corrected chi connectivity index (χ4v) is 15.3. The minimum absolute atomic E-state index is 0.141. The van der Waals surface area contributed by atoms with Crippen LogP contribution in [0.25, 0.3) is 66.8 Å². The van der Waals surface area contributed by atoms with Gasteiger partial charge < -0.3 is 9.80 Å². The summed E-state index contributed by atoms with van der Waals surface area (Å²) in [6.45, 7) is 14.0. The minimum Gasteiger partial charge on any atom is -0.310 e. The van der Waals surface area contributed by atoms with Crippen LogP contribution >= 0.6 is 0 Å². The number of anilines is 6. The molecule has 0 spiro atoms. The highest BCUT2D eigenvalue weighted by Gasteiger charge is 2.50. The first-order valence-corrected chi connectivity index (χ1v) is 31.9. The van der Waals surface area contributed by atoms with Crippen molar-refractivity contribution in [3.8, 4) is 66.8 Å². The van der Waals surface area contributed by atoms with E-state index in [0.29, 0.717) is 0 Å². The van der Waals surface area contributed by atoms with Gasteiger partial charge in [-0.3, -0.25) is 0 Å². The van der Waals surface area contributed by atoms with Gasteiger partial charge in [-0.1, -0.05) is 327 Å². The molecule has 0 saturated carbocycles. The van der Waals surface area contributed by atoms with E-state index < -0.39 is 5.41 Å². The molecule has 16 rings (SSSR count). The molecular weight excluding hydrogens is 1080 g/mol. The van der Waals surface area contributed by atoms with Gasteiger partial charge in [0.1, 0.15) is 0 Å². The van der Waals surface area contributed by atoms with Gasteiger partial charge in [-0.25, -0.2) is 0 Å². The van der Waals surface area contributed by atoms with Crippen molar-refractivity contribution >= 4 is 57.2 Å². The SMILES string of the molecule is CC(C)(C)c1ccc2c(c1)B1c3ccc(C(C)(C)C)cc3N(c3c(-c4ccccc4)cccc3-c3ccccc3)c3cc(-c4cccc5c4C(c4ccccc4)(c4ccccc4)c4ccccc4-5)cc(c31)N2c1c(-c2ccccc2)cccc1-c1ccccc1. The zero-order valence-corrected chi connectivity index (χ0v) is 51.9. The minimum atomic E-state index is -0.676. The summed E-state index contributed by atoms with van der Waals surface area (Å²) in [5.74, 6) is 0. The smallest absolute Gasteiger partial charge is 0.252 e. The Labute approximate surface area is 531 Å². The number of benzene rings is 13. The molecule has 0 unspecified atom stereocenters. The molecule has 3 aliphatic rings. The summed E-state index contributed by atoms with van der Waals surface area (Å²) >= 11 is 0. The largest absolute Gasteiger partial charge is 0.310 e. The molecule has 2 heterocycles. The van der Waals surface area contributed by atoms with Crippen LogP contribution in [0, 0.1) is 0 Å². The van der Waals surface area contributed by atoms with E-state index >= 15 is 0 Å². The molecule has 0 N–H and O–H groups in total. The van der Waals surface area contributed by atoms with Gasteiger partial charge in [0.2, 0.25) is 0 Å². The molecule has 0 amide bonds. The van der Waals surface area contributed by atoms with Crippen molar-refractivity contribution in [3.63, 3.8) is 0 Å². The second-order valence-corrected chi connectivity index (χ2v) is 26.7. The van der Waals surface area contributed by atoms with E-state index in [-0.39, 0.29) is 17.5 Å². The molecular formula is C87H69BN2. The number of fused-ring (bicyclic) bond motifs is 7. The van der Waals surface area contributed by atoms with E-state index in [2.05, 4.69) is 361 Å². The highest BCUT2D eigenvalue weighted by molar-refractivity contribution is 7.00.